The minimum atomic E-state index is -0.395. The smallest absolute Gasteiger partial charge is 0.336 e. The molecule has 3 rings (SSSR count). The van der Waals surface area contributed by atoms with Crippen LogP contribution < -0.4 is 5.32 Å². The van der Waals surface area contributed by atoms with Crippen molar-refractivity contribution in [3.8, 4) is 0 Å². The molecule has 6 heteroatoms. The van der Waals surface area contributed by atoms with Gasteiger partial charge in [-0.1, -0.05) is 12.1 Å². The van der Waals surface area contributed by atoms with Gasteiger partial charge in [0.15, 0.2) is 5.78 Å². The standard InChI is InChI=1S/C22H27NO4S/c1-4-26-12-13-27-22(25)19-14(2)23-17-6-5-7-18(24)21(17)20(19)15-8-10-16(28-3)11-9-15/h8-11,20,23H,4-7,12-13H2,1-3H3/t20-/m1/s1. The number of rotatable bonds is 7. The number of benzene rings is 1. The van der Waals surface area contributed by atoms with Gasteiger partial charge in [0.2, 0.25) is 0 Å². The van der Waals surface area contributed by atoms with E-state index in [0.29, 0.717) is 30.8 Å². The van der Waals surface area contributed by atoms with Gasteiger partial charge in [0.25, 0.3) is 0 Å². The minimum Gasteiger partial charge on any atom is -0.460 e. The Balaban J connectivity index is 1.97. The van der Waals surface area contributed by atoms with Crippen LogP contribution in [0.1, 0.15) is 44.6 Å². The maximum atomic E-state index is 12.9. The minimum absolute atomic E-state index is 0.111. The highest BCUT2D eigenvalue weighted by atomic mass is 32.2. The summed E-state index contributed by atoms with van der Waals surface area (Å²) >= 11 is 1.66. The summed E-state index contributed by atoms with van der Waals surface area (Å²) in [6.45, 7) is 4.92. The lowest BCUT2D eigenvalue weighted by Crippen LogP contribution is -2.34. The Labute approximate surface area is 170 Å². The zero-order chi connectivity index (χ0) is 20.1. The molecule has 0 amide bonds. The number of Topliss-reactive ketones (excluding diaryl/α,β-unsaturated/α-hetero) is 1. The molecule has 1 heterocycles. The fourth-order valence-electron chi connectivity index (χ4n) is 3.80. The highest BCUT2D eigenvalue weighted by Gasteiger charge is 2.39. The van der Waals surface area contributed by atoms with Crippen LogP contribution in [0.25, 0.3) is 0 Å². The fourth-order valence-corrected chi connectivity index (χ4v) is 4.21. The number of allylic oxidation sites excluding steroid dienone is 3. The van der Waals surface area contributed by atoms with Gasteiger partial charge in [-0.25, -0.2) is 4.79 Å². The van der Waals surface area contributed by atoms with E-state index in [1.54, 1.807) is 11.8 Å². The van der Waals surface area contributed by atoms with E-state index >= 15 is 0 Å². The van der Waals surface area contributed by atoms with E-state index in [0.717, 1.165) is 34.7 Å². The van der Waals surface area contributed by atoms with Crippen molar-refractivity contribution < 1.29 is 19.1 Å². The average molecular weight is 402 g/mol. The van der Waals surface area contributed by atoms with Crippen LogP contribution in [-0.2, 0) is 19.1 Å². The van der Waals surface area contributed by atoms with Gasteiger partial charge in [0, 0.05) is 40.8 Å². The Bertz CT molecular complexity index is 810. The van der Waals surface area contributed by atoms with E-state index < -0.39 is 5.97 Å². The fraction of sp³-hybridized carbons (Fsp3) is 0.455. The van der Waals surface area contributed by atoms with Crippen molar-refractivity contribution in [2.45, 2.75) is 43.9 Å². The van der Waals surface area contributed by atoms with Gasteiger partial charge in [-0.2, -0.15) is 0 Å². The number of hydrogen-bond acceptors (Lipinski definition) is 6. The molecular formula is C22H27NO4S. The number of thioether (sulfide) groups is 1. The van der Waals surface area contributed by atoms with Crippen molar-refractivity contribution in [2.75, 3.05) is 26.1 Å². The van der Waals surface area contributed by atoms with E-state index in [1.807, 2.05) is 44.4 Å². The number of nitrogens with one attached hydrogen (secondary N) is 1. The average Bonchev–Trinajstić information content (AvgIpc) is 2.70. The molecule has 0 radical (unpaired) electrons. The van der Waals surface area contributed by atoms with Gasteiger partial charge >= 0.3 is 5.97 Å². The van der Waals surface area contributed by atoms with Gasteiger partial charge in [0.05, 0.1) is 12.2 Å². The molecule has 0 aromatic heterocycles. The highest BCUT2D eigenvalue weighted by molar-refractivity contribution is 7.98. The maximum Gasteiger partial charge on any atom is 0.336 e. The number of dihydropyridines is 1. The van der Waals surface area contributed by atoms with Crippen LogP contribution in [0, 0.1) is 0 Å². The summed E-state index contributed by atoms with van der Waals surface area (Å²) in [6.07, 6.45) is 4.20. The third-order valence-corrected chi connectivity index (χ3v) is 5.85. The third kappa shape index (κ3) is 4.33. The summed E-state index contributed by atoms with van der Waals surface area (Å²) in [7, 11) is 0. The van der Waals surface area contributed by atoms with Crippen LogP contribution in [-0.4, -0.2) is 37.8 Å². The van der Waals surface area contributed by atoms with E-state index in [-0.39, 0.29) is 18.3 Å². The maximum absolute atomic E-state index is 12.9. The zero-order valence-electron chi connectivity index (χ0n) is 16.7. The monoisotopic (exact) mass is 401 g/mol. The molecule has 0 spiro atoms. The van der Waals surface area contributed by atoms with Gasteiger partial charge in [-0.05, 0) is 50.6 Å². The second-order valence-electron chi connectivity index (χ2n) is 6.87. The number of esters is 1. The van der Waals surface area contributed by atoms with Crippen LogP contribution in [0.2, 0.25) is 0 Å². The number of carbonyl (C=O) groups excluding carboxylic acids is 2. The second kappa shape index (κ2) is 9.43. The Hall–Kier alpha value is -2.05. The Morgan fingerprint density at radius 2 is 1.96 bits per heavy atom. The van der Waals surface area contributed by atoms with Crippen LogP contribution in [0.3, 0.4) is 0 Å². The molecule has 1 atom stereocenters. The first kappa shape index (κ1) is 20.7. The largest absolute Gasteiger partial charge is 0.460 e. The van der Waals surface area contributed by atoms with Crippen molar-refractivity contribution in [2.24, 2.45) is 0 Å². The first-order valence-corrected chi connectivity index (χ1v) is 10.9. The van der Waals surface area contributed by atoms with Crippen molar-refractivity contribution in [1.29, 1.82) is 0 Å². The number of ether oxygens (including phenoxy) is 2. The summed E-state index contributed by atoms with van der Waals surface area (Å²) in [4.78, 5) is 26.9. The highest BCUT2D eigenvalue weighted by Crippen LogP contribution is 2.42. The van der Waals surface area contributed by atoms with Crippen molar-refractivity contribution in [1.82, 2.24) is 5.32 Å². The first-order valence-electron chi connectivity index (χ1n) is 9.69. The van der Waals surface area contributed by atoms with Gasteiger partial charge in [-0.15, -0.1) is 11.8 Å². The topological polar surface area (TPSA) is 64.6 Å². The molecule has 0 saturated carbocycles. The lowest BCUT2D eigenvalue weighted by molar-refractivity contribution is -0.140. The van der Waals surface area contributed by atoms with E-state index in [9.17, 15) is 9.59 Å². The van der Waals surface area contributed by atoms with E-state index in [1.165, 1.54) is 0 Å². The Morgan fingerprint density at radius 3 is 2.64 bits per heavy atom. The molecular weight excluding hydrogens is 374 g/mol. The molecule has 5 nitrogen and oxygen atoms in total. The Kier molecular flexibility index (Phi) is 6.97. The lowest BCUT2D eigenvalue weighted by atomic mass is 9.75. The SMILES string of the molecule is CCOCCOC(=O)C1=C(C)NC2=C(C(=O)CCC2)[C@@H]1c1ccc(SC)cc1. The van der Waals surface area contributed by atoms with E-state index in [2.05, 4.69) is 5.32 Å². The molecule has 1 aromatic carbocycles. The molecule has 1 aliphatic carbocycles. The molecule has 0 bridgehead atoms. The summed E-state index contributed by atoms with van der Waals surface area (Å²) < 4.78 is 10.7. The van der Waals surface area contributed by atoms with Crippen molar-refractivity contribution in [3.63, 3.8) is 0 Å². The number of hydrogen-bond donors (Lipinski definition) is 1. The lowest BCUT2D eigenvalue weighted by Gasteiger charge is -2.34. The summed E-state index contributed by atoms with van der Waals surface area (Å²) in [6, 6.07) is 8.08. The number of carbonyl (C=O) groups is 2. The number of ketones is 1. The van der Waals surface area contributed by atoms with Crippen molar-refractivity contribution >= 4 is 23.5 Å². The van der Waals surface area contributed by atoms with Crippen LogP contribution in [0.5, 0.6) is 0 Å². The predicted molar refractivity (Wildman–Crippen MR) is 110 cm³/mol. The van der Waals surface area contributed by atoms with Crippen LogP contribution >= 0.6 is 11.8 Å². The van der Waals surface area contributed by atoms with Crippen molar-refractivity contribution in [3.05, 3.63) is 52.4 Å². The summed E-state index contributed by atoms with van der Waals surface area (Å²) in [5.74, 6) is -0.673. The molecule has 0 unspecified atom stereocenters. The second-order valence-corrected chi connectivity index (χ2v) is 7.75. The third-order valence-electron chi connectivity index (χ3n) is 5.11. The molecule has 1 aromatic rings. The quantitative estimate of drug-likeness (QED) is 0.424. The molecule has 1 aliphatic heterocycles. The summed E-state index contributed by atoms with van der Waals surface area (Å²) in [5, 5.41) is 3.31. The van der Waals surface area contributed by atoms with Gasteiger partial charge in [0.1, 0.15) is 6.61 Å². The van der Waals surface area contributed by atoms with E-state index in [4.69, 9.17) is 9.47 Å². The van der Waals surface area contributed by atoms with Crippen LogP contribution in [0.15, 0.2) is 51.7 Å². The molecule has 1 N–H and O–H groups in total. The molecule has 0 saturated heterocycles. The Morgan fingerprint density at radius 1 is 1.21 bits per heavy atom. The molecule has 28 heavy (non-hydrogen) atoms. The molecule has 2 aliphatic rings. The molecule has 150 valence electrons. The van der Waals surface area contributed by atoms with Gasteiger partial charge in [-0.3, -0.25) is 4.79 Å². The molecule has 0 fully saturated rings. The first-order chi connectivity index (χ1) is 13.6. The zero-order valence-corrected chi connectivity index (χ0v) is 17.5. The van der Waals surface area contributed by atoms with Crippen LogP contribution in [0.4, 0.5) is 0 Å². The normalized spacial score (nSPS) is 19.4. The van der Waals surface area contributed by atoms with Gasteiger partial charge < -0.3 is 14.8 Å². The predicted octanol–water partition coefficient (Wildman–Crippen LogP) is 3.96. The summed E-state index contributed by atoms with van der Waals surface area (Å²) in [5.41, 5.74) is 3.87.